The maximum absolute atomic E-state index is 6.17. The smallest absolute Gasteiger partial charge is 0.00199 e. The van der Waals surface area contributed by atoms with E-state index in [-0.39, 0.29) is 0 Å². The third-order valence-corrected chi connectivity index (χ3v) is 5.92. The van der Waals surface area contributed by atoms with Gasteiger partial charge in [0, 0.05) is 0 Å². The van der Waals surface area contributed by atoms with E-state index in [1.54, 1.807) is 0 Å². The number of hydrogen-bond acceptors (Lipinski definition) is 2. The Morgan fingerprint density at radius 3 is 1.76 bits per heavy atom. The molecule has 0 aromatic carbocycles. The molecule has 0 spiro atoms. The van der Waals surface area contributed by atoms with Gasteiger partial charge in [-0.1, -0.05) is 13.8 Å². The van der Waals surface area contributed by atoms with Gasteiger partial charge in [0.05, 0.1) is 0 Å². The Kier molecular flexibility index (Phi) is 2.30. The van der Waals surface area contributed by atoms with E-state index in [0.29, 0.717) is 21.7 Å². The number of nitrogens with two attached hydrogens (primary N) is 2. The van der Waals surface area contributed by atoms with E-state index < -0.39 is 0 Å². The minimum Gasteiger partial charge on any atom is -0.330 e. The lowest BCUT2D eigenvalue weighted by Gasteiger charge is -2.70. The van der Waals surface area contributed by atoms with Crippen LogP contribution in [0, 0.1) is 21.7 Å². The maximum atomic E-state index is 6.17. The van der Waals surface area contributed by atoms with Gasteiger partial charge in [-0.15, -0.1) is 0 Å². The highest BCUT2D eigenvalue weighted by molar-refractivity contribution is 5.15. The van der Waals surface area contributed by atoms with Gasteiger partial charge in [-0.3, -0.25) is 0 Å². The van der Waals surface area contributed by atoms with Crippen molar-refractivity contribution in [3.05, 3.63) is 0 Å². The van der Waals surface area contributed by atoms with Crippen molar-refractivity contribution in [3.8, 4) is 0 Å². The van der Waals surface area contributed by atoms with Gasteiger partial charge >= 0.3 is 0 Å². The van der Waals surface area contributed by atoms with Crippen LogP contribution in [0.15, 0.2) is 0 Å². The van der Waals surface area contributed by atoms with Crippen molar-refractivity contribution in [2.75, 3.05) is 13.1 Å². The lowest BCUT2D eigenvalue weighted by molar-refractivity contribution is -0.187. The second-order valence-electron chi connectivity index (χ2n) is 8.42. The molecule has 2 atom stereocenters. The van der Waals surface area contributed by atoms with Gasteiger partial charge in [-0.05, 0) is 79.7 Å². The summed E-state index contributed by atoms with van der Waals surface area (Å²) < 4.78 is 0. The van der Waals surface area contributed by atoms with Crippen LogP contribution in [0.2, 0.25) is 0 Å². The SMILES string of the molecule is C[C@@]12CC3(CN)CC(CCN)(C1)C[C@@](C)(C3)C2. The Morgan fingerprint density at radius 2 is 1.29 bits per heavy atom. The Balaban J connectivity index is 2.01. The molecule has 0 saturated heterocycles. The monoisotopic (exact) mass is 236 g/mol. The molecule has 4 saturated carbocycles. The Morgan fingerprint density at radius 1 is 0.765 bits per heavy atom. The highest BCUT2D eigenvalue weighted by Crippen LogP contribution is 2.74. The van der Waals surface area contributed by atoms with Crippen molar-refractivity contribution in [3.63, 3.8) is 0 Å². The standard InChI is InChI=1S/C15H28N2/c1-12-5-13(2)7-14(6-12,3-4-16)10-15(8-12,9-13)11-17/h3-11,16-17H2,1-2H3/t12-,13-,14?,15?/m0/s1. The number of hydrogen-bond donors (Lipinski definition) is 2. The molecule has 0 aromatic heterocycles. The zero-order chi connectivity index (χ0) is 12.4. The average molecular weight is 236 g/mol. The summed E-state index contributed by atoms with van der Waals surface area (Å²) in [5.74, 6) is 0. The van der Waals surface area contributed by atoms with Crippen molar-refractivity contribution in [1.29, 1.82) is 0 Å². The van der Waals surface area contributed by atoms with Gasteiger partial charge < -0.3 is 11.5 Å². The van der Waals surface area contributed by atoms with Crippen LogP contribution >= 0.6 is 0 Å². The molecule has 4 bridgehead atoms. The van der Waals surface area contributed by atoms with E-state index in [2.05, 4.69) is 13.8 Å². The first-order valence-corrected chi connectivity index (χ1v) is 7.27. The minimum absolute atomic E-state index is 0.452. The largest absolute Gasteiger partial charge is 0.330 e. The molecule has 4 aliphatic rings. The summed E-state index contributed by atoms with van der Waals surface area (Å²) in [6.45, 7) is 6.77. The quantitative estimate of drug-likeness (QED) is 0.791. The average Bonchev–Trinajstić information content (AvgIpc) is 2.11. The van der Waals surface area contributed by atoms with Crippen LogP contribution in [0.4, 0.5) is 0 Å². The Labute approximate surface area is 106 Å². The lowest BCUT2D eigenvalue weighted by atomic mass is 9.35. The highest BCUT2D eigenvalue weighted by atomic mass is 14.7. The molecule has 0 radical (unpaired) electrons. The predicted molar refractivity (Wildman–Crippen MR) is 71.5 cm³/mol. The first kappa shape index (κ1) is 12.0. The third-order valence-electron chi connectivity index (χ3n) is 5.92. The second kappa shape index (κ2) is 3.27. The van der Waals surface area contributed by atoms with Crippen molar-refractivity contribution in [2.24, 2.45) is 33.1 Å². The second-order valence-corrected chi connectivity index (χ2v) is 8.42. The summed E-state index contributed by atoms with van der Waals surface area (Å²) in [6.07, 6.45) is 9.58. The molecular weight excluding hydrogens is 208 g/mol. The van der Waals surface area contributed by atoms with Crippen LogP contribution in [0.3, 0.4) is 0 Å². The van der Waals surface area contributed by atoms with Crippen molar-refractivity contribution >= 4 is 0 Å². The molecule has 0 heterocycles. The molecule has 2 heteroatoms. The van der Waals surface area contributed by atoms with E-state index in [9.17, 15) is 0 Å². The molecule has 17 heavy (non-hydrogen) atoms. The summed E-state index contributed by atoms with van der Waals surface area (Å²) in [4.78, 5) is 0. The van der Waals surface area contributed by atoms with E-state index in [1.165, 1.54) is 44.9 Å². The van der Waals surface area contributed by atoms with Crippen LogP contribution in [0.25, 0.3) is 0 Å². The fourth-order valence-corrected chi connectivity index (χ4v) is 6.99. The van der Waals surface area contributed by atoms with Gasteiger partial charge in [-0.25, -0.2) is 0 Å². The minimum atomic E-state index is 0.452. The molecule has 2 nitrogen and oxygen atoms in total. The molecule has 4 fully saturated rings. The van der Waals surface area contributed by atoms with Gasteiger partial charge in [0.1, 0.15) is 0 Å². The van der Waals surface area contributed by atoms with Crippen LogP contribution in [0.5, 0.6) is 0 Å². The van der Waals surface area contributed by atoms with Crippen LogP contribution in [-0.4, -0.2) is 13.1 Å². The fraction of sp³-hybridized carbons (Fsp3) is 1.00. The zero-order valence-electron chi connectivity index (χ0n) is 11.5. The first-order valence-electron chi connectivity index (χ1n) is 7.27. The first-order chi connectivity index (χ1) is 7.86. The van der Waals surface area contributed by atoms with E-state index in [4.69, 9.17) is 11.5 Å². The molecule has 0 aromatic rings. The van der Waals surface area contributed by atoms with Gasteiger partial charge in [-0.2, -0.15) is 0 Å². The van der Waals surface area contributed by atoms with Gasteiger partial charge in [0.2, 0.25) is 0 Å². The van der Waals surface area contributed by atoms with Crippen molar-refractivity contribution in [1.82, 2.24) is 0 Å². The summed E-state index contributed by atoms with van der Waals surface area (Å²) in [6, 6.07) is 0. The van der Waals surface area contributed by atoms with E-state index in [0.717, 1.165) is 13.1 Å². The topological polar surface area (TPSA) is 52.0 Å². The van der Waals surface area contributed by atoms with Gasteiger partial charge in [0.15, 0.2) is 0 Å². The van der Waals surface area contributed by atoms with Gasteiger partial charge in [0.25, 0.3) is 0 Å². The Bertz CT molecular complexity index is 318. The molecule has 4 rings (SSSR count). The van der Waals surface area contributed by atoms with Crippen LogP contribution < -0.4 is 11.5 Å². The maximum Gasteiger partial charge on any atom is -0.00199 e. The van der Waals surface area contributed by atoms with Crippen molar-refractivity contribution < 1.29 is 0 Å². The van der Waals surface area contributed by atoms with E-state index >= 15 is 0 Å². The normalized spacial score (nSPS) is 56.5. The molecule has 0 aliphatic heterocycles. The van der Waals surface area contributed by atoms with Crippen LogP contribution in [-0.2, 0) is 0 Å². The Hall–Kier alpha value is -0.0800. The molecule has 0 unspecified atom stereocenters. The summed E-state index contributed by atoms with van der Waals surface area (Å²) in [5, 5.41) is 0. The fourth-order valence-electron chi connectivity index (χ4n) is 6.99. The lowest BCUT2D eigenvalue weighted by Crippen LogP contribution is -2.61. The van der Waals surface area contributed by atoms with Crippen molar-refractivity contribution in [2.45, 2.75) is 58.8 Å². The highest BCUT2D eigenvalue weighted by Gasteiger charge is 2.64. The predicted octanol–water partition coefficient (Wildman–Crippen LogP) is 2.66. The summed E-state index contributed by atoms with van der Waals surface area (Å²) in [5.41, 5.74) is 14.2. The third kappa shape index (κ3) is 1.67. The van der Waals surface area contributed by atoms with E-state index in [1.807, 2.05) is 0 Å². The molecule has 0 amide bonds. The summed E-state index contributed by atoms with van der Waals surface area (Å²) in [7, 11) is 0. The zero-order valence-corrected chi connectivity index (χ0v) is 11.5. The summed E-state index contributed by atoms with van der Waals surface area (Å²) >= 11 is 0. The molecule has 4 N–H and O–H groups in total. The molecular formula is C15H28N2. The molecule has 98 valence electrons. The molecule has 4 aliphatic carbocycles. The van der Waals surface area contributed by atoms with Crippen LogP contribution in [0.1, 0.15) is 58.8 Å². The number of rotatable bonds is 3.